The van der Waals surface area contributed by atoms with Gasteiger partial charge in [-0.15, -0.1) is 0 Å². The van der Waals surface area contributed by atoms with E-state index in [9.17, 15) is 0 Å². The van der Waals surface area contributed by atoms with Crippen LogP contribution in [0.5, 0.6) is 0 Å². The third-order valence-corrected chi connectivity index (χ3v) is 3.68. The molecule has 0 amide bonds. The van der Waals surface area contributed by atoms with Gasteiger partial charge in [0.2, 0.25) is 0 Å². The molecule has 4 heteroatoms. The molecule has 3 heterocycles. The van der Waals surface area contributed by atoms with Gasteiger partial charge in [-0.3, -0.25) is 15.0 Å². The predicted molar refractivity (Wildman–Crippen MR) is 70.2 cm³/mol. The maximum absolute atomic E-state index is 4.17. The number of nitrogens with one attached hydrogen (secondary N) is 1. The predicted octanol–water partition coefficient (Wildman–Crippen LogP) is 2.10. The highest BCUT2D eigenvalue weighted by Crippen LogP contribution is 2.28. The molecule has 18 heavy (non-hydrogen) atoms. The van der Waals surface area contributed by atoms with Gasteiger partial charge < -0.3 is 0 Å². The van der Waals surface area contributed by atoms with Gasteiger partial charge in [0.05, 0.1) is 6.20 Å². The third-order valence-electron chi connectivity index (χ3n) is 3.68. The Bertz CT molecular complexity index is 506. The summed E-state index contributed by atoms with van der Waals surface area (Å²) in [6.45, 7) is 5.39. The van der Waals surface area contributed by atoms with E-state index in [1.807, 2.05) is 24.7 Å². The van der Waals surface area contributed by atoms with E-state index in [2.05, 4.69) is 33.1 Å². The standard InChI is InChI=1S/C14H18N4/c1-11-7-16-17-14(11)13-4-6-18(10-13)9-12-3-2-5-15-8-12/h2-3,5,7-8,13H,4,6,9-10H2,1H3,(H,16,17). The first-order chi connectivity index (χ1) is 8.83. The highest BCUT2D eigenvalue weighted by molar-refractivity contribution is 5.20. The lowest BCUT2D eigenvalue weighted by atomic mass is 10.0. The molecule has 3 rings (SSSR count). The van der Waals surface area contributed by atoms with Crippen LogP contribution in [-0.2, 0) is 6.54 Å². The molecule has 2 aromatic heterocycles. The van der Waals surface area contributed by atoms with E-state index in [-0.39, 0.29) is 0 Å². The van der Waals surface area contributed by atoms with Gasteiger partial charge in [-0.25, -0.2) is 0 Å². The number of rotatable bonds is 3. The molecule has 1 fully saturated rings. The lowest BCUT2D eigenvalue weighted by Crippen LogP contribution is -2.20. The summed E-state index contributed by atoms with van der Waals surface area (Å²) in [4.78, 5) is 6.65. The number of pyridine rings is 1. The first-order valence-corrected chi connectivity index (χ1v) is 6.44. The summed E-state index contributed by atoms with van der Waals surface area (Å²) in [5.41, 5.74) is 3.88. The number of aryl methyl sites for hydroxylation is 1. The quantitative estimate of drug-likeness (QED) is 0.896. The van der Waals surface area contributed by atoms with Gasteiger partial charge in [0.25, 0.3) is 0 Å². The number of likely N-dealkylation sites (tertiary alicyclic amines) is 1. The molecule has 0 spiro atoms. The average molecular weight is 242 g/mol. The number of aromatic amines is 1. The van der Waals surface area contributed by atoms with E-state index >= 15 is 0 Å². The smallest absolute Gasteiger partial charge is 0.0519 e. The molecule has 1 aliphatic heterocycles. The van der Waals surface area contributed by atoms with Crippen molar-refractivity contribution in [3.05, 3.63) is 47.5 Å². The maximum atomic E-state index is 4.17. The van der Waals surface area contributed by atoms with E-state index in [4.69, 9.17) is 0 Å². The molecule has 2 aromatic rings. The van der Waals surface area contributed by atoms with Gasteiger partial charge in [-0.2, -0.15) is 5.10 Å². The molecule has 94 valence electrons. The minimum absolute atomic E-state index is 0.601. The van der Waals surface area contributed by atoms with Crippen molar-refractivity contribution in [2.24, 2.45) is 0 Å². The highest BCUT2D eigenvalue weighted by atomic mass is 15.2. The third kappa shape index (κ3) is 2.29. The zero-order valence-corrected chi connectivity index (χ0v) is 10.6. The molecule has 1 unspecified atom stereocenters. The van der Waals surface area contributed by atoms with E-state index in [0.717, 1.165) is 19.6 Å². The molecule has 0 aliphatic carbocycles. The van der Waals surface area contributed by atoms with Crippen LogP contribution in [0.3, 0.4) is 0 Å². The minimum atomic E-state index is 0.601. The molecular formula is C14H18N4. The molecule has 1 saturated heterocycles. The fourth-order valence-electron chi connectivity index (χ4n) is 2.73. The Hall–Kier alpha value is -1.68. The Morgan fingerprint density at radius 2 is 2.39 bits per heavy atom. The average Bonchev–Trinajstić information content (AvgIpc) is 2.99. The van der Waals surface area contributed by atoms with Crippen LogP contribution in [0, 0.1) is 6.92 Å². The van der Waals surface area contributed by atoms with Gasteiger partial charge in [-0.1, -0.05) is 6.07 Å². The molecule has 1 atom stereocenters. The molecule has 0 bridgehead atoms. The Kier molecular flexibility index (Phi) is 3.11. The Labute approximate surface area is 107 Å². The molecule has 1 N–H and O–H groups in total. The topological polar surface area (TPSA) is 44.8 Å². The number of hydrogen-bond acceptors (Lipinski definition) is 3. The highest BCUT2D eigenvalue weighted by Gasteiger charge is 2.25. The van der Waals surface area contributed by atoms with Crippen molar-refractivity contribution in [3.8, 4) is 0 Å². The van der Waals surface area contributed by atoms with Gasteiger partial charge in [0.15, 0.2) is 0 Å². The summed E-state index contributed by atoms with van der Waals surface area (Å²) in [6, 6.07) is 4.14. The largest absolute Gasteiger partial charge is 0.298 e. The second-order valence-corrected chi connectivity index (χ2v) is 5.05. The van der Waals surface area contributed by atoms with Gasteiger partial charge in [-0.05, 0) is 37.1 Å². The molecular weight excluding hydrogens is 224 g/mol. The SMILES string of the molecule is Cc1cn[nH]c1C1CCN(Cc2cccnc2)C1. The summed E-state index contributed by atoms with van der Waals surface area (Å²) in [5.74, 6) is 0.601. The van der Waals surface area contributed by atoms with Crippen LogP contribution >= 0.6 is 0 Å². The summed E-state index contributed by atoms with van der Waals surface area (Å²) in [6.07, 6.45) is 6.90. The summed E-state index contributed by atoms with van der Waals surface area (Å²) in [5, 5.41) is 7.26. The zero-order chi connectivity index (χ0) is 12.4. The monoisotopic (exact) mass is 242 g/mol. The van der Waals surface area contributed by atoms with Gasteiger partial charge >= 0.3 is 0 Å². The van der Waals surface area contributed by atoms with Crippen LogP contribution in [-0.4, -0.2) is 33.2 Å². The molecule has 0 radical (unpaired) electrons. The first kappa shape index (κ1) is 11.4. The van der Waals surface area contributed by atoms with E-state index < -0.39 is 0 Å². The summed E-state index contributed by atoms with van der Waals surface area (Å²) < 4.78 is 0. The van der Waals surface area contributed by atoms with Crippen molar-refractivity contribution in [2.45, 2.75) is 25.8 Å². The lowest BCUT2D eigenvalue weighted by molar-refractivity contribution is 0.326. The number of aromatic nitrogens is 3. The second-order valence-electron chi connectivity index (χ2n) is 5.05. The van der Waals surface area contributed by atoms with E-state index in [1.54, 1.807) is 0 Å². The summed E-state index contributed by atoms with van der Waals surface area (Å²) in [7, 11) is 0. The van der Waals surface area contributed by atoms with Crippen molar-refractivity contribution in [2.75, 3.05) is 13.1 Å². The van der Waals surface area contributed by atoms with E-state index in [0.29, 0.717) is 5.92 Å². The maximum Gasteiger partial charge on any atom is 0.0519 e. The first-order valence-electron chi connectivity index (χ1n) is 6.44. The van der Waals surface area contributed by atoms with Gasteiger partial charge in [0.1, 0.15) is 0 Å². The number of nitrogens with zero attached hydrogens (tertiary/aromatic N) is 3. The molecule has 4 nitrogen and oxygen atoms in total. The fourth-order valence-corrected chi connectivity index (χ4v) is 2.73. The van der Waals surface area contributed by atoms with Crippen molar-refractivity contribution in [3.63, 3.8) is 0 Å². The van der Waals surface area contributed by atoms with Crippen LogP contribution in [0.25, 0.3) is 0 Å². The van der Waals surface area contributed by atoms with Crippen molar-refractivity contribution in [1.82, 2.24) is 20.1 Å². The van der Waals surface area contributed by atoms with Crippen LogP contribution < -0.4 is 0 Å². The zero-order valence-electron chi connectivity index (χ0n) is 10.6. The number of hydrogen-bond donors (Lipinski definition) is 1. The van der Waals surface area contributed by atoms with Crippen molar-refractivity contribution >= 4 is 0 Å². The molecule has 0 saturated carbocycles. The summed E-state index contributed by atoms with van der Waals surface area (Å²) >= 11 is 0. The molecule has 1 aliphatic rings. The van der Waals surface area contributed by atoms with E-state index in [1.165, 1.54) is 23.2 Å². The van der Waals surface area contributed by atoms with Crippen LogP contribution in [0.1, 0.15) is 29.2 Å². The second kappa shape index (κ2) is 4.90. The fraction of sp³-hybridized carbons (Fsp3) is 0.429. The van der Waals surface area contributed by atoms with Crippen LogP contribution in [0.15, 0.2) is 30.7 Å². The lowest BCUT2D eigenvalue weighted by Gasteiger charge is -2.15. The normalized spacial score (nSPS) is 20.4. The van der Waals surface area contributed by atoms with Crippen LogP contribution in [0.4, 0.5) is 0 Å². The van der Waals surface area contributed by atoms with Crippen molar-refractivity contribution in [1.29, 1.82) is 0 Å². The van der Waals surface area contributed by atoms with Gasteiger partial charge in [0, 0.05) is 37.1 Å². The van der Waals surface area contributed by atoms with Crippen molar-refractivity contribution < 1.29 is 0 Å². The Balaban J connectivity index is 1.64. The Morgan fingerprint density at radius 3 is 3.11 bits per heavy atom. The molecule has 0 aromatic carbocycles. The number of H-pyrrole nitrogens is 1. The Morgan fingerprint density at radius 1 is 1.44 bits per heavy atom. The van der Waals surface area contributed by atoms with Crippen LogP contribution in [0.2, 0.25) is 0 Å². The minimum Gasteiger partial charge on any atom is -0.298 e.